The van der Waals surface area contributed by atoms with Crippen LogP contribution in [0.1, 0.15) is 5.56 Å². The summed E-state index contributed by atoms with van der Waals surface area (Å²) in [5, 5.41) is 10.1. The summed E-state index contributed by atoms with van der Waals surface area (Å²) in [6.45, 7) is 0.127. The third-order valence-corrected chi connectivity index (χ3v) is 1.99. The van der Waals surface area contributed by atoms with Crippen molar-refractivity contribution in [3.05, 3.63) is 41.5 Å². The predicted molar refractivity (Wildman–Crippen MR) is 60.9 cm³/mol. The van der Waals surface area contributed by atoms with Crippen LogP contribution in [0.3, 0.4) is 0 Å². The maximum absolute atomic E-state index is 11.4. The Morgan fingerprint density at radius 1 is 1.44 bits per heavy atom. The lowest BCUT2D eigenvalue weighted by atomic mass is 10.1. The molecule has 0 aromatic heterocycles. The minimum absolute atomic E-state index is 0.127. The average Bonchev–Trinajstić information content (AvgIpc) is 2.28. The smallest absolute Gasteiger partial charge is 0.335 e. The summed E-state index contributed by atoms with van der Waals surface area (Å²) in [5.41, 5.74) is 1.29. The lowest BCUT2D eigenvalue weighted by Crippen LogP contribution is -2.21. The molecule has 0 aliphatic carbocycles. The molecule has 0 atom stereocenters. The fourth-order valence-corrected chi connectivity index (χ4v) is 1.30. The Morgan fingerprint density at radius 2 is 2.06 bits per heavy atom. The molecular formula is C12H15NO3. The van der Waals surface area contributed by atoms with Crippen LogP contribution >= 0.6 is 0 Å². The van der Waals surface area contributed by atoms with Crippen molar-refractivity contribution < 1.29 is 14.7 Å². The van der Waals surface area contributed by atoms with Gasteiger partial charge in [-0.2, -0.15) is 5.06 Å². The first-order chi connectivity index (χ1) is 7.63. The summed E-state index contributed by atoms with van der Waals surface area (Å²) in [6.07, 6.45) is 1.69. The molecule has 1 rings (SSSR count). The lowest BCUT2D eigenvalue weighted by molar-refractivity contribution is -0.137. The predicted octanol–water partition coefficient (Wildman–Crippen LogP) is 1.56. The number of nitrogens with zero attached hydrogens (tertiary/aromatic N) is 1. The number of likely N-dealkylation sites (N-methyl/N-ethyl adjacent to an activating group) is 1. The molecule has 0 heterocycles. The van der Waals surface area contributed by atoms with Crippen molar-refractivity contribution in [2.45, 2.75) is 0 Å². The number of carbonyl (C=O) groups is 1. The van der Waals surface area contributed by atoms with Crippen LogP contribution in [0, 0.1) is 0 Å². The molecule has 4 nitrogen and oxygen atoms in total. The van der Waals surface area contributed by atoms with Crippen molar-refractivity contribution in [1.29, 1.82) is 0 Å². The highest BCUT2D eigenvalue weighted by Gasteiger charge is 2.11. The second kappa shape index (κ2) is 6.05. The molecule has 0 amide bonds. The number of hydroxylamine groups is 2. The molecule has 0 saturated carbocycles. The zero-order chi connectivity index (χ0) is 12.0. The summed E-state index contributed by atoms with van der Waals surface area (Å²) >= 11 is 0. The van der Waals surface area contributed by atoms with E-state index in [1.54, 1.807) is 6.08 Å². The van der Waals surface area contributed by atoms with E-state index in [1.807, 2.05) is 30.3 Å². The Morgan fingerprint density at radius 3 is 2.56 bits per heavy atom. The van der Waals surface area contributed by atoms with Crippen LogP contribution in [0.15, 0.2) is 35.9 Å². The molecule has 16 heavy (non-hydrogen) atoms. The molecule has 0 aliphatic heterocycles. The van der Waals surface area contributed by atoms with Gasteiger partial charge in [-0.1, -0.05) is 30.3 Å². The Labute approximate surface area is 94.7 Å². The fraction of sp³-hybridized carbons (Fsp3) is 0.250. The first-order valence-electron chi connectivity index (χ1n) is 4.87. The van der Waals surface area contributed by atoms with E-state index in [1.165, 1.54) is 14.2 Å². The van der Waals surface area contributed by atoms with Gasteiger partial charge in [-0.05, 0) is 11.6 Å². The Hall–Kier alpha value is -1.65. The van der Waals surface area contributed by atoms with Crippen molar-refractivity contribution in [2.24, 2.45) is 0 Å². The highest BCUT2D eigenvalue weighted by atomic mass is 16.5. The molecule has 1 aromatic rings. The van der Waals surface area contributed by atoms with Gasteiger partial charge in [-0.15, -0.1) is 0 Å². The quantitative estimate of drug-likeness (QED) is 0.476. The second-order valence-electron chi connectivity index (χ2n) is 3.39. The third kappa shape index (κ3) is 3.84. The summed E-state index contributed by atoms with van der Waals surface area (Å²) in [5.74, 6) is -0.440. The number of methoxy groups -OCH3 is 1. The molecule has 0 unspecified atom stereocenters. The van der Waals surface area contributed by atoms with Gasteiger partial charge in [0.05, 0.1) is 19.2 Å². The normalized spacial score (nSPS) is 11.6. The van der Waals surface area contributed by atoms with Gasteiger partial charge in [-0.25, -0.2) is 4.79 Å². The molecule has 0 fully saturated rings. The van der Waals surface area contributed by atoms with Crippen LogP contribution in [0.2, 0.25) is 0 Å². The number of rotatable bonds is 4. The molecule has 1 aromatic carbocycles. The van der Waals surface area contributed by atoms with Crippen LogP contribution in [0.25, 0.3) is 6.08 Å². The highest BCUT2D eigenvalue weighted by Crippen LogP contribution is 2.08. The molecule has 0 radical (unpaired) electrons. The van der Waals surface area contributed by atoms with Crippen molar-refractivity contribution in [3.8, 4) is 0 Å². The number of ether oxygens (including phenoxy) is 1. The van der Waals surface area contributed by atoms with Crippen LogP contribution in [-0.2, 0) is 9.53 Å². The van der Waals surface area contributed by atoms with E-state index in [-0.39, 0.29) is 6.54 Å². The van der Waals surface area contributed by atoms with E-state index in [4.69, 9.17) is 5.21 Å². The van der Waals surface area contributed by atoms with Gasteiger partial charge < -0.3 is 9.94 Å². The molecule has 0 spiro atoms. The van der Waals surface area contributed by atoms with Gasteiger partial charge in [-0.3, -0.25) is 0 Å². The van der Waals surface area contributed by atoms with Crippen LogP contribution in [-0.4, -0.2) is 36.9 Å². The van der Waals surface area contributed by atoms with Gasteiger partial charge in [0.2, 0.25) is 0 Å². The van der Waals surface area contributed by atoms with Gasteiger partial charge in [0.25, 0.3) is 0 Å². The molecule has 86 valence electrons. The summed E-state index contributed by atoms with van der Waals surface area (Å²) in [4.78, 5) is 11.4. The second-order valence-corrected chi connectivity index (χ2v) is 3.39. The zero-order valence-electron chi connectivity index (χ0n) is 9.38. The number of hydrogen-bond acceptors (Lipinski definition) is 4. The first-order valence-corrected chi connectivity index (χ1v) is 4.87. The third-order valence-electron chi connectivity index (χ3n) is 1.99. The monoisotopic (exact) mass is 221 g/mol. The SMILES string of the molecule is COC(=O)/C(=C\c1ccccc1)CN(C)O. The molecule has 0 aliphatic rings. The highest BCUT2D eigenvalue weighted by molar-refractivity contribution is 5.94. The lowest BCUT2D eigenvalue weighted by Gasteiger charge is -2.10. The van der Waals surface area contributed by atoms with Gasteiger partial charge in [0.1, 0.15) is 0 Å². The van der Waals surface area contributed by atoms with Crippen molar-refractivity contribution >= 4 is 12.0 Å². The molecule has 0 saturated heterocycles. The molecular weight excluding hydrogens is 206 g/mol. The van der Waals surface area contributed by atoms with Crippen LogP contribution in [0.5, 0.6) is 0 Å². The maximum atomic E-state index is 11.4. The van der Waals surface area contributed by atoms with Crippen molar-refractivity contribution in [1.82, 2.24) is 5.06 Å². The standard InChI is InChI=1S/C12H15NO3/c1-13(15)9-11(12(14)16-2)8-10-6-4-3-5-7-10/h3-8,15H,9H2,1-2H3/b11-8-. The zero-order valence-corrected chi connectivity index (χ0v) is 9.38. The summed E-state index contributed by atoms with van der Waals surface area (Å²) in [6, 6.07) is 9.40. The molecule has 1 N–H and O–H groups in total. The number of benzene rings is 1. The largest absolute Gasteiger partial charge is 0.466 e. The van der Waals surface area contributed by atoms with Gasteiger partial charge in [0.15, 0.2) is 0 Å². The van der Waals surface area contributed by atoms with Crippen molar-refractivity contribution in [2.75, 3.05) is 20.7 Å². The number of carbonyl (C=O) groups excluding carboxylic acids is 1. The minimum Gasteiger partial charge on any atom is -0.466 e. The van der Waals surface area contributed by atoms with E-state index >= 15 is 0 Å². The van der Waals surface area contributed by atoms with Gasteiger partial charge >= 0.3 is 5.97 Å². The fourth-order valence-electron chi connectivity index (χ4n) is 1.30. The number of hydrogen-bond donors (Lipinski definition) is 1. The van der Waals surface area contributed by atoms with E-state index in [0.29, 0.717) is 5.57 Å². The molecule has 0 bridgehead atoms. The molecule has 4 heteroatoms. The Kier molecular flexibility index (Phi) is 4.69. The number of esters is 1. The van der Waals surface area contributed by atoms with Gasteiger partial charge in [0, 0.05) is 7.05 Å². The topological polar surface area (TPSA) is 49.8 Å². The summed E-state index contributed by atoms with van der Waals surface area (Å²) in [7, 11) is 2.79. The summed E-state index contributed by atoms with van der Waals surface area (Å²) < 4.78 is 4.64. The Bertz CT molecular complexity index is 371. The van der Waals surface area contributed by atoms with Crippen LogP contribution in [0.4, 0.5) is 0 Å². The average molecular weight is 221 g/mol. The van der Waals surface area contributed by atoms with E-state index in [2.05, 4.69) is 4.74 Å². The van der Waals surface area contributed by atoms with E-state index in [0.717, 1.165) is 10.6 Å². The maximum Gasteiger partial charge on any atom is 0.335 e. The van der Waals surface area contributed by atoms with Crippen LogP contribution < -0.4 is 0 Å². The van der Waals surface area contributed by atoms with E-state index in [9.17, 15) is 4.79 Å². The van der Waals surface area contributed by atoms with Crippen molar-refractivity contribution in [3.63, 3.8) is 0 Å². The Balaban J connectivity index is 2.92. The first kappa shape index (κ1) is 12.4. The minimum atomic E-state index is -0.440. The van der Waals surface area contributed by atoms with E-state index < -0.39 is 5.97 Å².